The third kappa shape index (κ3) is 4.94. The molecule has 0 saturated carbocycles. The molecule has 2 aromatic heterocycles. The molecule has 0 bridgehead atoms. The summed E-state index contributed by atoms with van der Waals surface area (Å²) in [6.07, 6.45) is 2.30. The number of nitrogens with one attached hydrogen (secondary N) is 1. The number of benzene rings is 1. The van der Waals surface area contributed by atoms with Crippen molar-refractivity contribution in [3.8, 4) is 5.75 Å². The van der Waals surface area contributed by atoms with Crippen LogP contribution in [-0.2, 0) is 17.9 Å². The van der Waals surface area contributed by atoms with Gasteiger partial charge in [-0.1, -0.05) is 12.1 Å². The van der Waals surface area contributed by atoms with Crippen molar-refractivity contribution in [1.82, 2.24) is 14.8 Å². The summed E-state index contributed by atoms with van der Waals surface area (Å²) < 4.78 is 17.1. The molecule has 2 heterocycles. The lowest BCUT2D eigenvalue weighted by atomic mass is 10.2. The minimum atomic E-state index is -0.657. The lowest BCUT2D eigenvalue weighted by Gasteiger charge is -2.06. The highest BCUT2D eigenvalue weighted by molar-refractivity contribution is 5.91. The van der Waals surface area contributed by atoms with Crippen molar-refractivity contribution in [3.63, 3.8) is 0 Å². The van der Waals surface area contributed by atoms with Crippen molar-refractivity contribution in [2.75, 3.05) is 12.4 Å². The second kappa shape index (κ2) is 8.17. The van der Waals surface area contributed by atoms with Gasteiger partial charge in [0.25, 0.3) is 0 Å². The van der Waals surface area contributed by atoms with E-state index in [9.17, 15) is 9.59 Å². The van der Waals surface area contributed by atoms with Crippen molar-refractivity contribution >= 4 is 17.7 Å². The second-order valence-corrected chi connectivity index (χ2v) is 5.63. The highest BCUT2D eigenvalue weighted by Crippen LogP contribution is 2.14. The molecule has 0 radical (unpaired) electrons. The summed E-state index contributed by atoms with van der Waals surface area (Å²) in [5.41, 5.74) is 1.16. The Bertz CT molecular complexity index is 947. The quantitative estimate of drug-likeness (QED) is 0.637. The largest absolute Gasteiger partial charge is 0.497 e. The van der Waals surface area contributed by atoms with Crippen LogP contribution in [0.15, 0.2) is 47.2 Å². The minimum absolute atomic E-state index is 0.0921. The summed E-state index contributed by atoms with van der Waals surface area (Å²) in [6, 6.07) is 8.83. The summed E-state index contributed by atoms with van der Waals surface area (Å²) in [5, 5.41) is 6.59. The maximum absolute atomic E-state index is 11.9. The molecule has 1 amide bonds. The van der Waals surface area contributed by atoms with Gasteiger partial charge in [-0.05, 0) is 23.8 Å². The lowest BCUT2D eigenvalue weighted by molar-refractivity contribution is 0.101. The molecule has 3 rings (SSSR count). The first kappa shape index (κ1) is 18.2. The van der Waals surface area contributed by atoms with Gasteiger partial charge in [0.05, 0.1) is 7.11 Å². The highest BCUT2D eigenvalue weighted by Gasteiger charge is 2.11. The zero-order valence-electron chi connectivity index (χ0n) is 14.8. The number of carbonyl (C=O) groups excluding carboxylic acids is 2. The number of rotatable bonds is 7. The molecular weight excluding hydrogens is 352 g/mol. The van der Waals surface area contributed by atoms with Gasteiger partial charge >= 0.3 is 6.09 Å². The Hall–Kier alpha value is -3.62. The van der Waals surface area contributed by atoms with Crippen molar-refractivity contribution in [3.05, 3.63) is 59.9 Å². The third-order valence-corrected chi connectivity index (χ3v) is 3.58. The van der Waals surface area contributed by atoms with Crippen LogP contribution in [0.5, 0.6) is 5.75 Å². The summed E-state index contributed by atoms with van der Waals surface area (Å²) >= 11 is 0. The van der Waals surface area contributed by atoms with Gasteiger partial charge in [0.1, 0.15) is 30.9 Å². The van der Waals surface area contributed by atoms with E-state index in [0.29, 0.717) is 17.3 Å². The number of nitrogens with zero attached hydrogens (tertiary/aromatic N) is 3. The van der Waals surface area contributed by atoms with E-state index in [2.05, 4.69) is 15.4 Å². The number of anilines is 1. The summed E-state index contributed by atoms with van der Waals surface area (Å²) in [4.78, 5) is 27.3. The van der Waals surface area contributed by atoms with E-state index in [1.54, 1.807) is 31.5 Å². The summed E-state index contributed by atoms with van der Waals surface area (Å²) in [5.74, 6) is 1.11. The average molecular weight is 370 g/mol. The van der Waals surface area contributed by atoms with E-state index in [-0.39, 0.29) is 24.8 Å². The highest BCUT2D eigenvalue weighted by atomic mass is 16.5. The normalized spacial score (nSPS) is 10.4. The maximum Gasteiger partial charge on any atom is 0.413 e. The second-order valence-electron chi connectivity index (χ2n) is 5.63. The van der Waals surface area contributed by atoms with E-state index in [1.807, 2.05) is 12.1 Å². The van der Waals surface area contributed by atoms with Crippen LogP contribution < -0.4 is 10.1 Å². The van der Waals surface area contributed by atoms with E-state index in [4.69, 9.17) is 13.9 Å². The Balaban J connectivity index is 1.51. The van der Waals surface area contributed by atoms with Crippen LogP contribution in [0.4, 0.5) is 10.6 Å². The number of amides is 1. The van der Waals surface area contributed by atoms with Gasteiger partial charge in [0, 0.05) is 13.1 Å². The van der Waals surface area contributed by atoms with Crippen molar-refractivity contribution in [2.24, 2.45) is 0 Å². The number of oxazole rings is 1. The first-order chi connectivity index (χ1) is 13.0. The molecular formula is C18H18N4O5. The number of methoxy groups -OCH3 is 1. The first-order valence-electron chi connectivity index (χ1n) is 8.09. The average Bonchev–Trinajstić information content (AvgIpc) is 3.30. The van der Waals surface area contributed by atoms with Crippen LogP contribution in [0.2, 0.25) is 0 Å². The topological polar surface area (TPSA) is 108 Å². The number of Topliss-reactive ketones (excluding diaryl/α,β-unsaturated/α-hetero) is 1. The van der Waals surface area contributed by atoms with Crippen LogP contribution in [0.1, 0.15) is 28.9 Å². The van der Waals surface area contributed by atoms with Gasteiger partial charge in [-0.25, -0.2) is 4.79 Å². The fourth-order valence-electron chi connectivity index (χ4n) is 2.27. The van der Waals surface area contributed by atoms with Gasteiger partial charge in [-0.15, -0.1) is 0 Å². The predicted octanol–water partition coefficient (Wildman–Crippen LogP) is 2.88. The SMILES string of the molecule is COc1cccc(COC(=O)Nc2coc(Cn3ccc(C(C)=O)n3)n2)c1. The molecule has 0 atom stereocenters. The lowest BCUT2D eigenvalue weighted by Crippen LogP contribution is -2.14. The van der Waals surface area contributed by atoms with Crippen LogP contribution >= 0.6 is 0 Å². The molecule has 0 fully saturated rings. The fraction of sp³-hybridized carbons (Fsp3) is 0.222. The van der Waals surface area contributed by atoms with Gasteiger partial charge in [0.2, 0.25) is 5.89 Å². The summed E-state index contributed by atoms with van der Waals surface area (Å²) in [6.45, 7) is 1.76. The zero-order chi connectivity index (χ0) is 19.2. The molecule has 9 nitrogen and oxygen atoms in total. The molecule has 0 aliphatic heterocycles. The smallest absolute Gasteiger partial charge is 0.413 e. The van der Waals surface area contributed by atoms with E-state index in [0.717, 1.165) is 5.56 Å². The number of hydrogen-bond acceptors (Lipinski definition) is 7. The van der Waals surface area contributed by atoms with Crippen molar-refractivity contribution in [2.45, 2.75) is 20.1 Å². The van der Waals surface area contributed by atoms with Crippen molar-refractivity contribution in [1.29, 1.82) is 0 Å². The van der Waals surface area contributed by atoms with Gasteiger partial charge in [0.15, 0.2) is 11.6 Å². The van der Waals surface area contributed by atoms with E-state index >= 15 is 0 Å². The number of hydrogen-bond donors (Lipinski definition) is 1. The van der Waals surface area contributed by atoms with E-state index in [1.165, 1.54) is 17.9 Å². The summed E-state index contributed by atoms with van der Waals surface area (Å²) in [7, 11) is 1.57. The molecule has 140 valence electrons. The molecule has 1 N–H and O–H groups in total. The Morgan fingerprint density at radius 1 is 1.30 bits per heavy atom. The Morgan fingerprint density at radius 3 is 2.89 bits per heavy atom. The molecule has 0 aliphatic carbocycles. The number of aromatic nitrogens is 3. The Labute approximate surface area is 154 Å². The van der Waals surface area contributed by atoms with Gasteiger partial charge in [-0.2, -0.15) is 10.1 Å². The maximum atomic E-state index is 11.9. The number of ether oxygens (including phenoxy) is 2. The predicted molar refractivity (Wildman–Crippen MR) is 94.6 cm³/mol. The Morgan fingerprint density at radius 2 is 2.15 bits per heavy atom. The molecule has 27 heavy (non-hydrogen) atoms. The molecule has 9 heteroatoms. The molecule has 0 aliphatic rings. The number of carbonyl (C=O) groups is 2. The van der Waals surface area contributed by atoms with Crippen molar-refractivity contribution < 1.29 is 23.5 Å². The van der Waals surface area contributed by atoms with Crippen LogP contribution in [-0.4, -0.2) is 33.8 Å². The first-order valence-corrected chi connectivity index (χ1v) is 8.09. The Kier molecular flexibility index (Phi) is 5.50. The minimum Gasteiger partial charge on any atom is -0.497 e. The molecule has 0 saturated heterocycles. The van der Waals surface area contributed by atoms with Gasteiger partial charge in [-0.3, -0.25) is 14.8 Å². The number of ketones is 1. The van der Waals surface area contributed by atoms with Crippen LogP contribution in [0.3, 0.4) is 0 Å². The standard InChI is InChI=1S/C18H18N4O5/c1-12(23)15-6-7-22(21-15)9-17-19-16(11-26-17)20-18(24)27-10-13-4-3-5-14(8-13)25-2/h3-8,11H,9-10H2,1-2H3,(H,20,24). The molecule has 3 aromatic rings. The van der Waals surface area contributed by atoms with Crippen LogP contribution in [0.25, 0.3) is 0 Å². The zero-order valence-corrected chi connectivity index (χ0v) is 14.8. The van der Waals surface area contributed by atoms with E-state index < -0.39 is 6.09 Å². The van der Waals surface area contributed by atoms with Gasteiger partial charge < -0.3 is 13.9 Å². The molecule has 0 spiro atoms. The fourth-order valence-corrected chi connectivity index (χ4v) is 2.27. The molecule has 0 unspecified atom stereocenters. The third-order valence-electron chi connectivity index (χ3n) is 3.58. The van der Waals surface area contributed by atoms with Crippen LogP contribution in [0, 0.1) is 0 Å². The molecule has 1 aromatic carbocycles. The monoisotopic (exact) mass is 370 g/mol.